The Kier molecular flexibility index (Phi) is 3.76. The molecule has 1 aromatic heterocycles. The van der Waals surface area contributed by atoms with Crippen molar-refractivity contribution in [1.29, 1.82) is 0 Å². The predicted octanol–water partition coefficient (Wildman–Crippen LogP) is 0.799. The Labute approximate surface area is 116 Å². The zero-order valence-electron chi connectivity index (χ0n) is 11.0. The van der Waals surface area contributed by atoms with Crippen molar-refractivity contribution >= 4 is 11.7 Å². The van der Waals surface area contributed by atoms with Crippen LogP contribution in [0.2, 0.25) is 0 Å². The monoisotopic (exact) mass is 272 g/mol. The SMILES string of the molecule is O=C(Nc1ccn(-c2ccccc2)n1)C1CNCCO1. The summed E-state index contributed by atoms with van der Waals surface area (Å²) in [6.07, 6.45) is 1.36. The molecule has 1 unspecified atom stereocenters. The third-order valence-corrected chi connectivity index (χ3v) is 3.08. The van der Waals surface area contributed by atoms with Gasteiger partial charge in [-0.25, -0.2) is 4.68 Å². The summed E-state index contributed by atoms with van der Waals surface area (Å²) < 4.78 is 7.11. The molecule has 2 aromatic rings. The number of nitrogens with zero attached hydrogens (tertiary/aromatic N) is 2. The summed E-state index contributed by atoms with van der Waals surface area (Å²) in [5.74, 6) is 0.350. The lowest BCUT2D eigenvalue weighted by Crippen LogP contribution is -2.45. The fourth-order valence-corrected chi connectivity index (χ4v) is 2.06. The molecule has 0 saturated carbocycles. The molecule has 1 aliphatic rings. The van der Waals surface area contributed by atoms with E-state index in [-0.39, 0.29) is 5.91 Å². The Bertz CT molecular complexity index is 576. The van der Waals surface area contributed by atoms with Gasteiger partial charge in [0.1, 0.15) is 6.10 Å². The van der Waals surface area contributed by atoms with Crippen molar-refractivity contribution in [2.75, 3.05) is 25.0 Å². The minimum Gasteiger partial charge on any atom is -0.366 e. The van der Waals surface area contributed by atoms with Crippen molar-refractivity contribution < 1.29 is 9.53 Å². The van der Waals surface area contributed by atoms with Crippen molar-refractivity contribution in [3.63, 3.8) is 0 Å². The van der Waals surface area contributed by atoms with E-state index in [2.05, 4.69) is 15.7 Å². The van der Waals surface area contributed by atoms with E-state index in [0.717, 1.165) is 12.2 Å². The first-order chi connectivity index (χ1) is 9.83. The molecular formula is C14H16N4O2. The van der Waals surface area contributed by atoms with Crippen LogP contribution in [0.3, 0.4) is 0 Å². The summed E-state index contributed by atoms with van der Waals surface area (Å²) in [6, 6.07) is 11.5. The van der Waals surface area contributed by atoms with Gasteiger partial charge in [0.2, 0.25) is 0 Å². The van der Waals surface area contributed by atoms with Gasteiger partial charge in [0.25, 0.3) is 5.91 Å². The molecule has 1 amide bonds. The highest BCUT2D eigenvalue weighted by molar-refractivity contribution is 5.93. The van der Waals surface area contributed by atoms with Crippen LogP contribution in [-0.4, -0.2) is 41.5 Å². The van der Waals surface area contributed by atoms with Crippen LogP contribution in [0.4, 0.5) is 5.82 Å². The molecule has 0 radical (unpaired) electrons. The summed E-state index contributed by atoms with van der Waals surface area (Å²) in [5, 5.41) is 10.2. The first-order valence-corrected chi connectivity index (χ1v) is 6.57. The van der Waals surface area contributed by atoms with Gasteiger partial charge in [0.05, 0.1) is 12.3 Å². The molecule has 20 heavy (non-hydrogen) atoms. The van der Waals surface area contributed by atoms with E-state index in [9.17, 15) is 4.79 Å². The highest BCUT2D eigenvalue weighted by Crippen LogP contribution is 2.10. The summed E-state index contributed by atoms with van der Waals surface area (Å²) in [6.45, 7) is 1.87. The number of benzene rings is 1. The van der Waals surface area contributed by atoms with Crippen LogP contribution in [0, 0.1) is 0 Å². The number of hydrogen-bond donors (Lipinski definition) is 2. The minimum atomic E-state index is -0.453. The van der Waals surface area contributed by atoms with Gasteiger partial charge in [-0.3, -0.25) is 4.79 Å². The predicted molar refractivity (Wildman–Crippen MR) is 74.8 cm³/mol. The topological polar surface area (TPSA) is 68.2 Å². The van der Waals surface area contributed by atoms with Crippen molar-refractivity contribution in [2.24, 2.45) is 0 Å². The number of carbonyl (C=O) groups excluding carboxylic acids is 1. The number of carbonyl (C=O) groups is 1. The van der Waals surface area contributed by atoms with Gasteiger partial charge in [0.15, 0.2) is 5.82 Å². The average molecular weight is 272 g/mol. The summed E-state index contributed by atoms with van der Waals surface area (Å²) in [5.41, 5.74) is 0.948. The maximum absolute atomic E-state index is 12.0. The van der Waals surface area contributed by atoms with E-state index in [0.29, 0.717) is 19.0 Å². The van der Waals surface area contributed by atoms with Crippen LogP contribution in [0.1, 0.15) is 0 Å². The molecule has 104 valence electrons. The number of morpholine rings is 1. The van der Waals surface area contributed by atoms with Gasteiger partial charge in [-0.05, 0) is 12.1 Å². The Balaban J connectivity index is 1.66. The van der Waals surface area contributed by atoms with Crippen LogP contribution in [0.25, 0.3) is 5.69 Å². The maximum atomic E-state index is 12.0. The summed E-state index contributed by atoms with van der Waals surface area (Å²) in [4.78, 5) is 12.0. The number of nitrogens with one attached hydrogen (secondary N) is 2. The van der Waals surface area contributed by atoms with Crippen molar-refractivity contribution in [2.45, 2.75) is 6.10 Å². The smallest absolute Gasteiger partial charge is 0.256 e. The average Bonchev–Trinajstić information content (AvgIpc) is 2.97. The van der Waals surface area contributed by atoms with Crippen LogP contribution in [0.15, 0.2) is 42.6 Å². The van der Waals surface area contributed by atoms with Gasteiger partial charge in [-0.2, -0.15) is 5.10 Å². The molecule has 1 aliphatic heterocycles. The zero-order chi connectivity index (χ0) is 13.8. The summed E-state index contributed by atoms with van der Waals surface area (Å²) >= 11 is 0. The van der Waals surface area contributed by atoms with E-state index in [4.69, 9.17) is 4.74 Å². The molecule has 3 rings (SSSR count). The summed E-state index contributed by atoms with van der Waals surface area (Å²) in [7, 11) is 0. The zero-order valence-corrected chi connectivity index (χ0v) is 11.0. The van der Waals surface area contributed by atoms with E-state index >= 15 is 0 Å². The first-order valence-electron chi connectivity index (χ1n) is 6.57. The molecule has 1 atom stereocenters. The van der Waals surface area contributed by atoms with Gasteiger partial charge in [-0.15, -0.1) is 0 Å². The Morgan fingerprint density at radius 1 is 1.35 bits per heavy atom. The van der Waals surface area contributed by atoms with Crippen LogP contribution in [0.5, 0.6) is 0 Å². The second-order valence-electron chi connectivity index (χ2n) is 4.53. The lowest BCUT2D eigenvalue weighted by Gasteiger charge is -2.22. The van der Waals surface area contributed by atoms with Crippen LogP contribution in [-0.2, 0) is 9.53 Å². The molecule has 0 aliphatic carbocycles. The highest BCUT2D eigenvalue weighted by Gasteiger charge is 2.22. The molecular weight excluding hydrogens is 256 g/mol. The number of amides is 1. The van der Waals surface area contributed by atoms with Crippen molar-refractivity contribution in [1.82, 2.24) is 15.1 Å². The minimum absolute atomic E-state index is 0.171. The number of para-hydroxylation sites is 1. The lowest BCUT2D eigenvalue weighted by atomic mass is 10.3. The Hall–Kier alpha value is -2.18. The van der Waals surface area contributed by atoms with Gasteiger partial charge in [-0.1, -0.05) is 18.2 Å². The molecule has 0 bridgehead atoms. The van der Waals surface area contributed by atoms with Crippen molar-refractivity contribution in [3.8, 4) is 5.69 Å². The molecule has 2 N–H and O–H groups in total. The Morgan fingerprint density at radius 2 is 2.20 bits per heavy atom. The van der Waals surface area contributed by atoms with Crippen molar-refractivity contribution in [3.05, 3.63) is 42.6 Å². The normalized spacial score (nSPS) is 18.7. The standard InChI is InChI=1S/C14H16N4O2/c19-14(12-10-15-7-9-20-12)16-13-6-8-18(17-13)11-4-2-1-3-5-11/h1-6,8,12,15H,7,9-10H2,(H,16,17,19). The van der Waals surface area contributed by atoms with Gasteiger partial charge >= 0.3 is 0 Å². The van der Waals surface area contributed by atoms with Crippen LogP contribution < -0.4 is 10.6 Å². The van der Waals surface area contributed by atoms with E-state index in [1.807, 2.05) is 36.5 Å². The number of hydrogen-bond acceptors (Lipinski definition) is 4. The van der Waals surface area contributed by atoms with Gasteiger partial charge in [0, 0.05) is 25.4 Å². The number of anilines is 1. The van der Waals surface area contributed by atoms with E-state index < -0.39 is 6.10 Å². The van der Waals surface area contributed by atoms with Gasteiger partial charge < -0.3 is 15.4 Å². The molecule has 0 spiro atoms. The van der Waals surface area contributed by atoms with E-state index in [1.165, 1.54) is 0 Å². The first kappa shape index (κ1) is 12.8. The number of rotatable bonds is 3. The number of aromatic nitrogens is 2. The van der Waals surface area contributed by atoms with E-state index in [1.54, 1.807) is 10.7 Å². The molecule has 6 heteroatoms. The second kappa shape index (κ2) is 5.85. The molecule has 1 fully saturated rings. The lowest BCUT2D eigenvalue weighted by molar-refractivity contribution is -0.128. The molecule has 1 aromatic carbocycles. The highest BCUT2D eigenvalue weighted by atomic mass is 16.5. The second-order valence-corrected chi connectivity index (χ2v) is 4.53. The third-order valence-electron chi connectivity index (χ3n) is 3.08. The number of ether oxygens (including phenoxy) is 1. The largest absolute Gasteiger partial charge is 0.366 e. The Morgan fingerprint density at radius 3 is 2.95 bits per heavy atom. The molecule has 6 nitrogen and oxygen atoms in total. The fourth-order valence-electron chi connectivity index (χ4n) is 2.06. The molecule has 2 heterocycles. The quantitative estimate of drug-likeness (QED) is 0.867. The van der Waals surface area contributed by atoms with Crippen LogP contribution >= 0.6 is 0 Å². The third kappa shape index (κ3) is 2.87. The fraction of sp³-hybridized carbons (Fsp3) is 0.286. The molecule has 1 saturated heterocycles. The maximum Gasteiger partial charge on any atom is 0.256 e.